The van der Waals surface area contributed by atoms with E-state index < -0.39 is 28.5 Å². The number of likely N-dealkylation sites (N-methyl/N-ethyl adjacent to an activating group) is 1. The Balaban J connectivity index is 2.23. The number of aromatic carboxylic acids is 1. The Labute approximate surface area is 124 Å². The molecule has 1 aliphatic rings. The third-order valence-corrected chi connectivity index (χ3v) is 3.31. The lowest BCUT2D eigenvalue weighted by Gasteiger charge is -2.12. The van der Waals surface area contributed by atoms with Gasteiger partial charge in [-0.15, -0.1) is 0 Å². The number of carboxylic acids is 1. The summed E-state index contributed by atoms with van der Waals surface area (Å²) in [6.07, 6.45) is 0.142. The molecule has 2 N–H and O–H groups in total. The monoisotopic (exact) mass is 307 g/mol. The van der Waals surface area contributed by atoms with Crippen LogP contribution in [0.4, 0.5) is 5.69 Å². The first-order chi connectivity index (χ1) is 10.3. The van der Waals surface area contributed by atoms with E-state index in [2.05, 4.69) is 5.32 Å². The summed E-state index contributed by atoms with van der Waals surface area (Å²) in [5, 5.41) is 22.3. The van der Waals surface area contributed by atoms with Gasteiger partial charge in [0.05, 0.1) is 16.5 Å². The molecule has 2 rings (SSSR count). The van der Waals surface area contributed by atoms with Crippen LogP contribution in [0.3, 0.4) is 0 Å². The Bertz CT molecular complexity index is 639. The number of nitrogens with zero attached hydrogens (tertiary/aromatic N) is 2. The van der Waals surface area contributed by atoms with E-state index in [0.29, 0.717) is 6.54 Å². The topological polar surface area (TPSA) is 130 Å². The van der Waals surface area contributed by atoms with Gasteiger partial charge in [0, 0.05) is 37.7 Å². The molecular formula is C13H13N3O6. The number of carbonyl (C=O) groups excluding carboxylic acids is 2. The molecule has 0 aromatic heterocycles. The molecule has 0 radical (unpaired) electrons. The second kappa shape index (κ2) is 5.80. The normalized spacial score (nSPS) is 17.4. The van der Waals surface area contributed by atoms with Gasteiger partial charge in [-0.25, -0.2) is 4.79 Å². The molecule has 9 nitrogen and oxygen atoms in total. The van der Waals surface area contributed by atoms with E-state index in [1.165, 1.54) is 4.90 Å². The van der Waals surface area contributed by atoms with Crippen molar-refractivity contribution < 1.29 is 24.4 Å². The predicted octanol–water partition coefficient (Wildman–Crippen LogP) is 0.253. The van der Waals surface area contributed by atoms with Crippen molar-refractivity contribution in [1.29, 1.82) is 0 Å². The average Bonchev–Trinajstić information content (AvgIpc) is 2.76. The van der Waals surface area contributed by atoms with Crippen LogP contribution in [0.1, 0.15) is 27.1 Å². The van der Waals surface area contributed by atoms with E-state index in [1.54, 1.807) is 7.05 Å². The lowest BCUT2D eigenvalue weighted by molar-refractivity contribution is -0.384. The number of rotatable bonds is 4. The highest BCUT2D eigenvalue weighted by Crippen LogP contribution is 2.18. The molecule has 1 fully saturated rings. The van der Waals surface area contributed by atoms with Gasteiger partial charge in [0.25, 0.3) is 11.6 Å². The summed E-state index contributed by atoms with van der Waals surface area (Å²) in [6, 6.07) is 2.54. The van der Waals surface area contributed by atoms with Crippen LogP contribution in [0, 0.1) is 10.1 Å². The van der Waals surface area contributed by atoms with Crippen molar-refractivity contribution in [3.05, 3.63) is 39.4 Å². The number of hydrogen-bond acceptors (Lipinski definition) is 5. The fourth-order valence-electron chi connectivity index (χ4n) is 2.20. The van der Waals surface area contributed by atoms with E-state index in [4.69, 9.17) is 5.11 Å². The minimum Gasteiger partial charge on any atom is -0.478 e. The van der Waals surface area contributed by atoms with Crippen LogP contribution >= 0.6 is 0 Å². The van der Waals surface area contributed by atoms with Gasteiger partial charge in [0.2, 0.25) is 5.91 Å². The Morgan fingerprint density at radius 3 is 2.50 bits per heavy atom. The number of carboxylic acid groups (broad SMARTS) is 1. The maximum atomic E-state index is 12.1. The maximum Gasteiger partial charge on any atom is 0.335 e. The molecule has 1 aromatic carbocycles. The Morgan fingerprint density at radius 1 is 1.36 bits per heavy atom. The minimum atomic E-state index is -1.37. The molecule has 22 heavy (non-hydrogen) atoms. The van der Waals surface area contributed by atoms with Crippen molar-refractivity contribution in [3.63, 3.8) is 0 Å². The lowest BCUT2D eigenvalue weighted by Crippen LogP contribution is -2.36. The zero-order valence-electron chi connectivity index (χ0n) is 11.6. The summed E-state index contributed by atoms with van der Waals surface area (Å²) in [4.78, 5) is 46.0. The van der Waals surface area contributed by atoms with Crippen LogP contribution in [0.5, 0.6) is 0 Å². The number of amides is 2. The summed E-state index contributed by atoms with van der Waals surface area (Å²) in [6.45, 7) is 0.339. The van der Waals surface area contributed by atoms with Crippen LogP contribution < -0.4 is 5.32 Å². The molecule has 1 aliphatic heterocycles. The number of nitro benzene ring substituents is 1. The minimum absolute atomic E-state index is 0.115. The predicted molar refractivity (Wildman–Crippen MR) is 73.6 cm³/mol. The third kappa shape index (κ3) is 3.19. The summed E-state index contributed by atoms with van der Waals surface area (Å²) in [5.41, 5.74) is -0.961. The van der Waals surface area contributed by atoms with Crippen molar-refractivity contribution >= 4 is 23.5 Å². The van der Waals surface area contributed by atoms with Gasteiger partial charge in [-0.05, 0) is 6.07 Å². The second-order valence-corrected chi connectivity index (χ2v) is 4.98. The zero-order valence-corrected chi connectivity index (χ0v) is 11.6. The molecule has 0 aliphatic carbocycles. The maximum absolute atomic E-state index is 12.1. The van der Waals surface area contributed by atoms with Gasteiger partial charge in [-0.2, -0.15) is 0 Å². The smallest absolute Gasteiger partial charge is 0.335 e. The molecular weight excluding hydrogens is 294 g/mol. The fraction of sp³-hybridized carbons (Fsp3) is 0.308. The molecule has 0 spiro atoms. The average molecular weight is 307 g/mol. The molecule has 1 atom stereocenters. The molecule has 116 valence electrons. The van der Waals surface area contributed by atoms with Crippen LogP contribution in [-0.4, -0.2) is 52.3 Å². The highest BCUT2D eigenvalue weighted by Gasteiger charge is 2.28. The van der Waals surface area contributed by atoms with E-state index in [9.17, 15) is 24.5 Å². The van der Waals surface area contributed by atoms with Crippen LogP contribution in [-0.2, 0) is 4.79 Å². The van der Waals surface area contributed by atoms with Gasteiger partial charge in [0.1, 0.15) is 0 Å². The first-order valence-electron chi connectivity index (χ1n) is 6.35. The standard InChI is InChI=1S/C13H13N3O6/c1-15-6-9(5-11(15)17)14-12(18)7-2-8(13(19)20)4-10(3-7)16(21)22/h2-4,9H,5-6H2,1H3,(H,14,18)(H,19,20). The first-order valence-corrected chi connectivity index (χ1v) is 6.35. The highest BCUT2D eigenvalue weighted by molar-refractivity contribution is 5.99. The molecule has 2 amide bonds. The third-order valence-electron chi connectivity index (χ3n) is 3.31. The van der Waals surface area contributed by atoms with Crippen molar-refractivity contribution in [2.24, 2.45) is 0 Å². The molecule has 1 aromatic rings. The summed E-state index contributed by atoms with van der Waals surface area (Å²) in [7, 11) is 1.60. The zero-order chi connectivity index (χ0) is 16.4. The number of hydrogen-bond donors (Lipinski definition) is 2. The first kappa shape index (κ1) is 15.4. The number of carbonyl (C=O) groups is 3. The molecule has 1 unspecified atom stereocenters. The van der Waals surface area contributed by atoms with Gasteiger partial charge in [0.15, 0.2) is 0 Å². The molecule has 0 saturated carbocycles. The number of likely N-dealkylation sites (tertiary alicyclic amines) is 1. The Morgan fingerprint density at radius 2 is 2.00 bits per heavy atom. The van der Waals surface area contributed by atoms with Gasteiger partial charge in [-0.3, -0.25) is 19.7 Å². The van der Waals surface area contributed by atoms with Crippen molar-refractivity contribution in [2.45, 2.75) is 12.5 Å². The van der Waals surface area contributed by atoms with Gasteiger partial charge >= 0.3 is 5.97 Å². The van der Waals surface area contributed by atoms with Gasteiger partial charge in [-0.1, -0.05) is 0 Å². The molecule has 0 bridgehead atoms. The SMILES string of the molecule is CN1CC(NC(=O)c2cc(C(=O)O)cc([N+](=O)[O-])c2)CC1=O. The summed E-state index contributed by atoms with van der Waals surface area (Å²) < 4.78 is 0. The van der Waals surface area contributed by atoms with Crippen molar-refractivity contribution in [1.82, 2.24) is 10.2 Å². The highest BCUT2D eigenvalue weighted by atomic mass is 16.6. The van der Waals surface area contributed by atoms with Crippen LogP contribution in [0.25, 0.3) is 0 Å². The van der Waals surface area contributed by atoms with E-state index in [1.807, 2.05) is 0 Å². The molecule has 1 saturated heterocycles. The number of nitro groups is 1. The Kier molecular flexibility index (Phi) is 4.06. The van der Waals surface area contributed by atoms with Crippen molar-refractivity contribution in [3.8, 4) is 0 Å². The largest absolute Gasteiger partial charge is 0.478 e. The second-order valence-electron chi connectivity index (χ2n) is 4.98. The number of benzene rings is 1. The van der Waals surface area contributed by atoms with Crippen LogP contribution in [0.15, 0.2) is 18.2 Å². The van der Waals surface area contributed by atoms with Crippen molar-refractivity contribution in [2.75, 3.05) is 13.6 Å². The van der Waals surface area contributed by atoms with E-state index in [-0.39, 0.29) is 23.5 Å². The number of non-ortho nitro benzene ring substituents is 1. The summed E-state index contributed by atoms with van der Waals surface area (Å²) >= 11 is 0. The van der Waals surface area contributed by atoms with Crippen LogP contribution in [0.2, 0.25) is 0 Å². The van der Waals surface area contributed by atoms with E-state index >= 15 is 0 Å². The van der Waals surface area contributed by atoms with E-state index in [0.717, 1.165) is 18.2 Å². The molecule has 1 heterocycles. The summed E-state index contributed by atoms with van der Waals surface area (Å²) in [5.74, 6) is -2.14. The lowest BCUT2D eigenvalue weighted by atomic mass is 10.1. The number of nitrogens with one attached hydrogen (secondary N) is 1. The molecule has 9 heteroatoms. The quantitative estimate of drug-likeness (QED) is 0.606. The fourth-order valence-corrected chi connectivity index (χ4v) is 2.20. The van der Waals surface area contributed by atoms with Gasteiger partial charge < -0.3 is 15.3 Å². The Hall–Kier alpha value is -2.97.